The summed E-state index contributed by atoms with van der Waals surface area (Å²) in [5, 5.41) is 8.97. The van der Waals surface area contributed by atoms with Crippen LogP contribution in [0, 0.1) is 0 Å². The number of para-hydroxylation sites is 1. The van der Waals surface area contributed by atoms with Crippen molar-refractivity contribution in [1.29, 1.82) is 0 Å². The van der Waals surface area contributed by atoms with Gasteiger partial charge in [0.05, 0.1) is 5.69 Å². The Kier molecular flexibility index (Phi) is 4.70. The van der Waals surface area contributed by atoms with Gasteiger partial charge < -0.3 is 15.1 Å². The molecular weight excluding hydrogens is 318 g/mol. The third kappa shape index (κ3) is 3.47. The molecule has 0 bridgehead atoms. The Bertz CT molecular complexity index is 962. The minimum atomic E-state index is -0.612. The molecule has 6 heteroatoms. The first-order chi connectivity index (χ1) is 12.1. The topological polar surface area (TPSA) is 83.4 Å². The molecule has 3 aromatic rings. The molecule has 3 N–H and O–H groups in total. The van der Waals surface area contributed by atoms with E-state index in [0.717, 1.165) is 6.42 Å². The molecule has 0 aliphatic carbocycles. The summed E-state index contributed by atoms with van der Waals surface area (Å²) in [4.78, 5) is 24.5. The summed E-state index contributed by atoms with van der Waals surface area (Å²) in [6.07, 6.45) is 0.927. The van der Waals surface area contributed by atoms with Gasteiger partial charge in [-0.25, -0.2) is 9.59 Å². The van der Waals surface area contributed by atoms with Gasteiger partial charge in [0.2, 0.25) is 0 Å². The maximum atomic E-state index is 12.3. The Morgan fingerprint density at radius 1 is 1.00 bits per heavy atom. The molecule has 0 spiro atoms. The van der Waals surface area contributed by atoms with Crippen LogP contribution in [0.1, 0.15) is 12.5 Å². The molecule has 2 aromatic carbocycles. The number of amides is 2. The number of urea groups is 1. The smallest absolute Gasteiger partial charge is 0.362 e. The van der Waals surface area contributed by atoms with Crippen molar-refractivity contribution in [1.82, 2.24) is 0 Å². The highest BCUT2D eigenvalue weighted by atomic mass is 16.4. The highest BCUT2D eigenvalue weighted by Gasteiger charge is 2.16. The average Bonchev–Trinajstić information content (AvgIpc) is 2.63. The van der Waals surface area contributed by atoms with E-state index in [2.05, 4.69) is 22.9 Å². The minimum Gasteiger partial charge on any atom is -0.421 e. The Morgan fingerprint density at radius 2 is 1.72 bits per heavy atom. The maximum Gasteiger partial charge on any atom is 0.362 e. The normalized spacial score (nSPS) is 10.5. The van der Waals surface area contributed by atoms with E-state index in [-0.39, 0.29) is 5.69 Å². The number of carbonyl (C=O) groups is 1. The van der Waals surface area contributed by atoms with Gasteiger partial charge in [-0.15, -0.1) is 0 Å². The summed E-state index contributed by atoms with van der Waals surface area (Å²) in [6, 6.07) is 14.2. The Labute approximate surface area is 144 Å². The highest BCUT2D eigenvalue weighted by Crippen LogP contribution is 2.28. The van der Waals surface area contributed by atoms with E-state index in [1.807, 2.05) is 36.4 Å². The van der Waals surface area contributed by atoms with E-state index in [0.29, 0.717) is 22.3 Å². The zero-order chi connectivity index (χ0) is 17.8. The highest BCUT2D eigenvalue weighted by molar-refractivity contribution is 6.05. The molecule has 6 nitrogen and oxygen atoms in total. The van der Waals surface area contributed by atoms with Crippen LogP contribution in [0.2, 0.25) is 0 Å². The summed E-state index contributed by atoms with van der Waals surface area (Å²) < 4.78 is 5.28. The van der Waals surface area contributed by atoms with Crippen molar-refractivity contribution in [3.05, 3.63) is 64.5 Å². The number of rotatable bonds is 4. The van der Waals surface area contributed by atoms with Crippen molar-refractivity contribution in [2.75, 3.05) is 23.0 Å². The van der Waals surface area contributed by atoms with E-state index in [1.165, 1.54) is 5.56 Å². The molecule has 25 heavy (non-hydrogen) atoms. The number of hydrogen-bond donors (Lipinski definition) is 3. The predicted octanol–water partition coefficient (Wildman–Crippen LogP) is 4.04. The summed E-state index contributed by atoms with van der Waals surface area (Å²) in [5.74, 6) is 0. The standard InChI is InChI=1S/C19H19N3O3/c1-3-12-8-10-13(11-9-12)21-19(24)22-17-16(20-2)14-6-4-5-7-15(14)25-18(17)23/h4-11,20H,3H2,1-2H3,(H2,21,22,24). The molecule has 0 unspecified atom stereocenters. The van der Waals surface area contributed by atoms with Crippen LogP contribution in [0.3, 0.4) is 0 Å². The molecule has 0 saturated carbocycles. The predicted molar refractivity (Wildman–Crippen MR) is 100 cm³/mol. The second-order valence-corrected chi connectivity index (χ2v) is 5.52. The summed E-state index contributed by atoms with van der Waals surface area (Å²) in [7, 11) is 1.69. The van der Waals surface area contributed by atoms with Crippen molar-refractivity contribution in [2.45, 2.75) is 13.3 Å². The quantitative estimate of drug-likeness (QED) is 0.627. The summed E-state index contributed by atoms with van der Waals surface area (Å²) >= 11 is 0. The van der Waals surface area contributed by atoms with E-state index in [9.17, 15) is 9.59 Å². The largest absolute Gasteiger partial charge is 0.421 e. The van der Waals surface area contributed by atoms with Gasteiger partial charge >= 0.3 is 11.7 Å². The molecule has 0 saturated heterocycles. The second kappa shape index (κ2) is 7.09. The number of carbonyl (C=O) groups excluding carboxylic acids is 1. The molecular formula is C19H19N3O3. The van der Waals surface area contributed by atoms with E-state index in [4.69, 9.17) is 4.42 Å². The SMILES string of the molecule is CCc1ccc(NC(=O)Nc2c(NC)c3ccccc3oc2=O)cc1. The van der Waals surface area contributed by atoms with Crippen molar-refractivity contribution < 1.29 is 9.21 Å². The first-order valence-corrected chi connectivity index (χ1v) is 8.03. The van der Waals surface area contributed by atoms with E-state index >= 15 is 0 Å². The fourth-order valence-electron chi connectivity index (χ4n) is 2.62. The van der Waals surface area contributed by atoms with Gasteiger partial charge in [0.1, 0.15) is 5.58 Å². The summed E-state index contributed by atoms with van der Waals surface area (Å²) in [5.41, 5.74) is 2.26. The molecule has 0 radical (unpaired) electrons. The first-order valence-electron chi connectivity index (χ1n) is 8.03. The zero-order valence-corrected chi connectivity index (χ0v) is 14.1. The molecule has 2 amide bonds. The molecule has 128 valence electrons. The van der Waals surface area contributed by atoms with Gasteiger partial charge in [-0.1, -0.05) is 31.2 Å². The number of aryl methyl sites for hydroxylation is 1. The Balaban J connectivity index is 1.87. The zero-order valence-electron chi connectivity index (χ0n) is 14.1. The summed E-state index contributed by atoms with van der Waals surface area (Å²) in [6.45, 7) is 2.06. The van der Waals surface area contributed by atoms with Crippen molar-refractivity contribution in [3.63, 3.8) is 0 Å². The van der Waals surface area contributed by atoms with Crippen molar-refractivity contribution in [2.24, 2.45) is 0 Å². The Hall–Kier alpha value is -3.28. The number of nitrogens with one attached hydrogen (secondary N) is 3. The van der Waals surface area contributed by atoms with Gasteiger partial charge in [0, 0.05) is 18.1 Å². The fourth-order valence-corrected chi connectivity index (χ4v) is 2.62. The van der Waals surface area contributed by atoms with Crippen LogP contribution in [0.5, 0.6) is 0 Å². The first kappa shape index (κ1) is 16.6. The molecule has 0 aliphatic rings. The lowest BCUT2D eigenvalue weighted by molar-refractivity contribution is 0.262. The second-order valence-electron chi connectivity index (χ2n) is 5.52. The molecule has 0 atom stereocenters. The van der Waals surface area contributed by atoms with E-state index in [1.54, 1.807) is 19.2 Å². The van der Waals surface area contributed by atoms with Gasteiger partial charge in [-0.2, -0.15) is 0 Å². The molecule has 0 aliphatic heterocycles. The van der Waals surface area contributed by atoms with Crippen LogP contribution in [-0.2, 0) is 6.42 Å². The van der Waals surface area contributed by atoms with Crippen molar-refractivity contribution >= 4 is 34.1 Å². The maximum absolute atomic E-state index is 12.3. The van der Waals surface area contributed by atoms with Crippen LogP contribution in [-0.4, -0.2) is 13.1 Å². The number of fused-ring (bicyclic) bond motifs is 1. The monoisotopic (exact) mass is 337 g/mol. The number of benzene rings is 2. The van der Waals surface area contributed by atoms with Crippen LogP contribution < -0.4 is 21.6 Å². The van der Waals surface area contributed by atoms with Crippen LogP contribution >= 0.6 is 0 Å². The lowest BCUT2D eigenvalue weighted by Gasteiger charge is -2.12. The van der Waals surface area contributed by atoms with Gasteiger partial charge in [-0.05, 0) is 36.2 Å². The third-order valence-corrected chi connectivity index (χ3v) is 3.92. The fraction of sp³-hybridized carbons (Fsp3) is 0.158. The molecule has 1 heterocycles. The lowest BCUT2D eigenvalue weighted by Crippen LogP contribution is -2.24. The van der Waals surface area contributed by atoms with Gasteiger partial charge in [-0.3, -0.25) is 5.32 Å². The van der Waals surface area contributed by atoms with Crippen molar-refractivity contribution in [3.8, 4) is 0 Å². The average molecular weight is 337 g/mol. The minimum absolute atomic E-state index is 0.0730. The van der Waals surface area contributed by atoms with Crippen LogP contribution in [0.15, 0.2) is 57.7 Å². The molecule has 3 rings (SSSR count). The van der Waals surface area contributed by atoms with Gasteiger partial charge in [0.25, 0.3) is 0 Å². The Morgan fingerprint density at radius 3 is 2.40 bits per heavy atom. The van der Waals surface area contributed by atoms with Crippen LogP contribution in [0.4, 0.5) is 21.9 Å². The van der Waals surface area contributed by atoms with Crippen LogP contribution in [0.25, 0.3) is 11.0 Å². The molecule has 0 fully saturated rings. The number of anilines is 3. The number of hydrogen-bond acceptors (Lipinski definition) is 4. The lowest BCUT2D eigenvalue weighted by atomic mass is 10.1. The molecule has 1 aromatic heterocycles. The van der Waals surface area contributed by atoms with Gasteiger partial charge in [0.15, 0.2) is 5.69 Å². The van der Waals surface area contributed by atoms with E-state index < -0.39 is 11.7 Å². The third-order valence-electron chi connectivity index (χ3n) is 3.92.